The van der Waals surface area contributed by atoms with Crippen molar-refractivity contribution >= 4 is 32.3 Å². The van der Waals surface area contributed by atoms with Gasteiger partial charge in [-0.2, -0.15) is 0 Å². The fourth-order valence-electron chi connectivity index (χ4n) is 4.48. The van der Waals surface area contributed by atoms with Crippen LogP contribution in [0, 0.1) is 0 Å². The average molecular weight is 381 g/mol. The van der Waals surface area contributed by atoms with E-state index in [4.69, 9.17) is 1.37 Å². The number of benzene rings is 6. The number of hydrogen-bond donors (Lipinski definition) is 0. The predicted octanol–water partition coefficient (Wildman–Crippen LogP) is 8.48. The molecule has 140 valence electrons. The van der Waals surface area contributed by atoms with Gasteiger partial charge in [-0.1, -0.05) is 103 Å². The molecule has 0 saturated carbocycles. The summed E-state index contributed by atoms with van der Waals surface area (Å²) in [6.07, 6.45) is 0. The third-order valence-electron chi connectivity index (χ3n) is 5.94. The van der Waals surface area contributed by atoms with E-state index in [1.165, 1.54) is 43.8 Å². The molecule has 0 unspecified atom stereocenters. The van der Waals surface area contributed by atoms with Crippen LogP contribution in [0.2, 0.25) is 0 Å². The van der Waals surface area contributed by atoms with Crippen LogP contribution in [0.3, 0.4) is 0 Å². The van der Waals surface area contributed by atoms with Gasteiger partial charge >= 0.3 is 0 Å². The molecular formula is C30H20. The maximum absolute atomic E-state index is 7.85. The quantitative estimate of drug-likeness (QED) is 0.264. The van der Waals surface area contributed by atoms with Crippen molar-refractivity contribution in [1.29, 1.82) is 0 Å². The molecule has 6 aromatic rings. The minimum absolute atomic E-state index is 0.546. The van der Waals surface area contributed by atoms with Gasteiger partial charge in [-0.15, -0.1) is 0 Å². The third kappa shape index (κ3) is 2.77. The molecule has 0 saturated heterocycles. The molecule has 0 N–H and O–H groups in total. The summed E-state index contributed by atoms with van der Waals surface area (Å²) in [6.45, 7) is 0. The lowest BCUT2D eigenvalue weighted by Gasteiger charge is -2.13. The Balaban J connectivity index is 1.58. The zero-order valence-electron chi connectivity index (χ0n) is 17.5. The largest absolute Gasteiger partial charge is 0.0623 e. The van der Waals surface area contributed by atoms with E-state index in [9.17, 15) is 0 Å². The minimum atomic E-state index is 0.546. The van der Waals surface area contributed by atoms with Crippen molar-refractivity contribution in [3.05, 3.63) is 121 Å². The normalized spacial score (nSPS) is 11.8. The Hall–Kier alpha value is -3.90. The van der Waals surface area contributed by atoms with Crippen LogP contribution in [0.25, 0.3) is 54.6 Å². The lowest BCUT2D eigenvalue weighted by molar-refractivity contribution is 1.63. The van der Waals surface area contributed by atoms with E-state index in [1.807, 2.05) is 18.2 Å². The summed E-state index contributed by atoms with van der Waals surface area (Å²) >= 11 is 0. The van der Waals surface area contributed by atoms with Crippen LogP contribution in [0.15, 0.2) is 121 Å². The van der Waals surface area contributed by atoms with Gasteiger partial charge in [-0.25, -0.2) is 0 Å². The van der Waals surface area contributed by atoms with E-state index in [-0.39, 0.29) is 0 Å². The highest BCUT2D eigenvalue weighted by Gasteiger charge is 2.10. The van der Waals surface area contributed by atoms with E-state index in [0.717, 1.165) is 10.8 Å². The molecule has 0 aromatic heterocycles. The minimum Gasteiger partial charge on any atom is -0.0616 e. The Bertz CT molecular complexity index is 1540. The molecule has 0 atom stereocenters. The first-order valence-corrected chi connectivity index (χ1v) is 10.3. The van der Waals surface area contributed by atoms with Crippen molar-refractivity contribution in [1.82, 2.24) is 0 Å². The summed E-state index contributed by atoms with van der Waals surface area (Å²) in [7, 11) is 0. The molecule has 0 spiro atoms. The van der Waals surface area contributed by atoms with Crippen LogP contribution in [0.5, 0.6) is 0 Å². The molecule has 0 bridgehead atoms. The van der Waals surface area contributed by atoms with Gasteiger partial charge in [0.2, 0.25) is 0 Å². The third-order valence-corrected chi connectivity index (χ3v) is 5.94. The van der Waals surface area contributed by atoms with Crippen LogP contribution in [-0.4, -0.2) is 0 Å². The summed E-state index contributed by atoms with van der Waals surface area (Å²) in [6, 6.07) is 41.2. The van der Waals surface area contributed by atoms with E-state index < -0.39 is 0 Å². The maximum atomic E-state index is 7.85. The molecule has 6 aromatic carbocycles. The lowest BCUT2D eigenvalue weighted by Crippen LogP contribution is -1.87. The Morgan fingerprint density at radius 2 is 1.07 bits per heavy atom. The molecule has 0 amide bonds. The molecule has 0 radical (unpaired) electrons. The first-order valence-electron chi connectivity index (χ1n) is 10.8. The molecule has 0 heteroatoms. The Morgan fingerprint density at radius 3 is 1.87 bits per heavy atom. The smallest absolute Gasteiger partial charge is 0.0616 e. The van der Waals surface area contributed by atoms with Crippen molar-refractivity contribution in [3.63, 3.8) is 0 Å². The van der Waals surface area contributed by atoms with Crippen LogP contribution in [0.4, 0.5) is 0 Å². The summed E-state index contributed by atoms with van der Waals surface area (Å²) < 4.78 is 7.85. The Kier molecular flexibility index (Phi) is 3.65. The van der Waals surface area contributed by atoms with Crippen LogP contribution in [-0.2, 0) is 0 Å². The molecule has 0 fully saturated rings. The second kappa shape index (κ2) is 6.86. The Labute approximate surface area is 177 Å². The summed E-state index contributed by atoms with van der Waals surface area (Å²) in [5, 5.41) is 7.35. The molecule has 6 rings (SSSR count). The number of rotatable bonds is 2. The van der Waals surface area contributed by atoms with Crippen molar-refractivity contribution < 1.29 is 1.37 Å². The van der Waals surface area contributed by atoms with Gasteiger partial charge in [0.05, 0.1) is 1.37 Å². The van der Waals surface area contributed by atoms with E-state index in [0.29, 0.717) is 6.04 Å². The standard InChI is InChI=1S/C30H20/c1-2-9-22-18-24(17-16-21(22)8-1)23-12-7-13-27(19-23)30-28-14-5-3-10-25(28)20-26-11-4-6-15-29(26)30/h1-20H/i1D. The van der Waals surface area contributed by atoms with Crippen LogP contribution >= 0.6 is 0 Å². The molecule has 0 aliphatic rings. The summed E-state index contributed by atoms with van der Waals surface area (Å²) in [5.74, 6) is 0. The zero-order valence-corrected chi connectivity index (χ0v) is 16.5. The molecule has 0 heterocycles. The van der Waals surface area contributed by atoms with Crippen molar-refractivity contribution in [2.75, 3.05) is 0 Å². The molecule has 30 heavy (non-hydrogen) atoms. The van der Waals surface area contributed by atoms with Crippen molar-refractivity contribution in [2.45, 2.75) is 0 Å². The highest BCUT2D eigenvalue weighted by atomic mass is 14.1. The summed E-state index contributed by atoms with van der Waals surface area (Å²) in [5.41, 5.74) is 4.91. The second-order valence-corrected chi connectivity index (χ2v) is 7.76. The fourth-order valence-corrected chi connectivity index (χ4v) is 4.48. The summed E-state index contributed by atoms with van der Waals surface area (Å²) in [4.78, 5) is 0. The topological polar surface area (TPSA) is 0 Å². The SMILES string of the molecule is [2H]c1ccc2cc(-c3cccc(-c4c5ccccc5cc5ccccc45)c3)ccc2c1. The zero-order chi connectivity index (χ0) is 20.8. The van der Waals surface area contributed by atoms with Gasteiger partial charge in [0.25, 0.3) is 0 Å². The highest BCUT2D eigenvalue weighted by Crippen LogP contribution is 2.38. The van der Waals surface area contributed by atoms with Crippen molar-refractivity contribution in [3.8, 4) is 22.3 Å². The lowest BCUT2D eigenvalue weighted by atomic mass is 9.90. The van der Waals surface area contributed by atoms with Gasteiger partial charge in [-0.3, -0.25) is 0 Å². The van der Waals surface area contributed by atoms with E-state index >= 15 is 0 Å². The van der Waals surface area contributed by atoms with Crippen LogP contribution in [0.1, 0.15) is 1.37 Å². The highest BCUT2D eigenvalue weighted by molar-refractivity contribution is 6.12. The first-order chi connectivity index (χ1) is 15.3. The predicted molar refractivity (Wildman–Crippen MR) is 130 cm³/mol. The van der Waals surface area contributed by atoms with Gasteiger partial charge < -0.3 is 0 Å². The van der Waals surface area contributed by atoms with Gasteiger partial charge in [0, 0.05) is 0 Å². The molecule has 0 nitrogen and oxygen atoms in total. The maximum Gasteiger partial charge on any atom is 0.0623 e. The Morgan fingerprint density at radius 1 is 0.400 bits per heavy atom. The van der Waals surface area contributed by atoms with E-state index in [1.54, 1.807) is 0 Å². The number of hydrogen-bond acceptors (Lipinski definition) is 0. The van der Waals surface area contributed by atoms with Crippen LogP contribution < -0.4 is 0 Å². The molecule has 0 aliphatic carbocycles. The van der Waals surface area contributed by atoms with Gasteiger partial charge in [0.1, 0.15) is 0 Å². The van der Waals surface area contributed by atoms with Gasteiger partial charge in [-0.05, 0) is 72.8 Å². The number of fused-ring (bicyclic) bond motifs is 3. The van der Waals surface area contributed by atoms with E-state index in [2.05, 4.69) is 97.1 Å². The van der Waals surface area contributed by atoms with Crippen molar-refractivity contribution in [2.24, 2.45) is 0 Å². The molecular weight excluding hydrogens is 360 g/mol. The monoisotopic (exact) mass is 381 g/mol. The van der Waals surface area contributed by atoms with Gasteiger partial charge in [0.15, 0.2) is 0 Å². The fraction of sp³-hybridized carbons (Fsp3) is 0. The first kappa shape index (κ1) is 16.0. The molecule has 0 aliphatic heterocycles. The second-order valence-electron chi connectivity index (χ2n) is 7.76. The average Bonchev–Trinajstić information content (AvgIpc) is 2.82.